The molecule has 4 nitrogen and oxygen atoms in total. The van der Waals surface area contributed by atoms with Gasteiger partial charge in [-0.05, 0) is 19.5 Å². The maximum atomic E-state index is 5.93. The van der Waals surface area contributed by atoms with Crippen molar-refractivity contribution >= 4 is 0 Å². The molecule has 0 aliphatic carbocycles. The Morgan fingerprint density at radius 2 is 2.16 bits per heavy atom. The number of para-hydroxylation sites is 1. The van der Waals surface area contributed by atoms with Crippen molar-refractivity contribution in [1.29, 1.82) is 0 Å². The van der Waals surface area contributed by atoms with Crippen LogP contribution in [0.25, 0.3) is 0 Å². The van der Waals surface area contributed by atoms with Crippen LogP contribution in [-0.2, 0) is 13.7 Å². The maximum Gasteiger partial charge on any atom is 0.124 e. The Balaban J connectivity index is 2.11. The van der Waals surface area contributed by atoms with E-state index in [4.69, 9.17) is 4.74 Å². The number of hydrogen-bond acceptors (Lipinski definition) is 3. The van der Waals surface area contributed by atoms with Gasteiger partial charge >= 0.3 is 0 Å². The first kappa shape index (κ1) is 13.6. The third-order valence-corrected chi connectivity index (χ3v) is 3.20. The lowest BCUT2D eigenvalue weighted by molar-refractivity contribution is 0.299. The number of benzene rings is 1. The molecule has 0 amide bonds. The molecule has 102 valence electrons. The van der Waals surface area contributed by atoms with Gasteiger partial charge in [-0.3, -0.25) is 4.68 Å². The molecule has 0 radical (unpaired) electrons. The smallest absolute Gasteiger partial charge is 0.124 e. The van der Waals surface area contributed by atoms with Crippen molar-refractivity contribution in [1.82, 2.24) is 15.1 Å². The standard InChI is InChI=1S/C15H21N3O/c1-4-14(16-2)13-7-5-6-8-15(13)19-11-12-9-17-18(3)10-12/h5-10,14,16H,4,11H2,1-3H3. The van der Waals surface area contributed by atoms with E-state index in [0.717, 1.165) is 17.7 Å². The minimum Gasteiger partial charge on any atom is -0.488 e. The van der Waals surface area contributed by atoms with Crippen LogP contribution in [0.3, 0.4) is 0 Å². The van der Waals surface area contributed by atoms with Crippen molar-refractivity contribution < 1.29 is 4.74 Å². The fourth-order valence-corrected chi connectivity index (χ4v) is 2.19. The van der Waals surface area contributed by atoms with Gasteiger partial charge < -0.3 is 10.1 Å². The van der Waals surface area contributed by atoms with E-state index in [1.807, 2.05) is 44.7 Å². The highest BCUT2D eigenvalue weighted by atomic mass is 16.5. The quantitative estimate of drug-likeness (QED) is 0.867. The molecule has 1 aromatic heterocycles. The van der Waals surface area contributed by atoms with Crippen molar-refractivity contribution in [2.75, 3.05) is 7.05 Å². The van der Waals surface area contributed by atoms with Crippen LogP contribution in [0, 0.1) is 0 Å². The van der Waals surface area contributed by atoms with E-state index in [-0.39, 0.29) is 0 Å². The number of nitrogens with zero attached hydrogens (tertiary/aromatic N) is 2. The molecular formula is C15H21N3O. The van der Waals surface area contributed by atoms with Crippen molar-refractivity contribution in [3.05, 3.63) is 47.8 Å². The Hall–Kier alpha value is -1.81. The van der Waals surface area contributed by atoms with Crippen LogP contribution in [0.2, 0.25) is 0 Å². The van der Waals surface area contributed by atoms with Gasteiger partial charge in [-0.2, -0.15) is 5.10 Å². The zero-order valence-electron chi connectivity index (χ0n) is 11.8. The van der Waals surface area contributed by atoms with Gasteiger partial charge in [0.15, 0.2) is 0 Å². The second kappa shape index (κ2) is 6.38. The third kappa shape index (κ3) is 3.35. The molecule has 4 heteroatoms. The lowest BCUT2D eigenvalue weighted by Gasteiger charge is -2.18. The summed E-state index contributed by atoms with van der Waals surface area (Å²) in [6, 6.07) is 8.51. The number of nitrogens with one attached hydrogen (secondary N) is 1. The summed E-state index contributed by atoms with van der Waals surface area (Å²) in [6.45, 7) is 2.71. The molecule has 0 saturated heterocycles. The summed E-state index contributed by atoms with van der Waals surface area (Å²) in [5, 5.41) is 7.46. The fourth-order valence-electron chi connectivity index (χ4n) is 2.19. The van der Waals surface area contributed by atoms with Gasteiger partial charge in [0.2, 0.25) is 0 Å². The molecule has 0 bridgehead atoms. The Labute approximate surface area is 114 Å². The summed E-state index contributed by atoms with van der Waals surface area (Å²) < 4.78 is 7.71. The highest BCUT2D eigenvalue weighted by molar-refractivity contribution is 5.36. The zero-order valence-corrected chi connectivity index (χ0v) is 11.8. The van der Waals surface area contributed by atoms with E-state index in [0.29, 0.717) is 12.6 Å². The Bertz CT molecular complexity index is 518. The van der Waals surface area contributed by atoms with Crippen LogP contribution in [-0.4, -0.2) is 16.8 Å². The maximum absolute atomic E-state index is 5.93. The minimum atomic E-state index is 0.324. The van der Waals surface area contributed by atoms with Crippen LogP contribution >= 0.6 is 0 Å². The summed E-state index contributed by atoms with van der Waals surface area (Å²) >= 11 is 0. The highest BCUT2D eigenvalue weighted by Gasteiger charge is 2.12. The molecule has 1 atom stereocenters. The molecule has 0 aliphatic heterocycles. The molecule has 1 aromatic carbocycles. The van der Waals surface area contributed by atoms with Crippen LogP contribution in [0.1, 0.15) is 30.5 Å². The van der Waals surface area contributed by atoms with Gasteiger partial charge in [-0.15, -0.1) is 0 Å². The Morgan fingerprint density at radius 1 is 1.37 bits per heavy atom. The van der Waals surface area contributed by atoms with Crippen molar-refractivity contribution in [3.63, 3.8) is 0 Å². The first-order valence-corrected chi connectivity index (χ1v) is 6.61. The number of ether oxygens (including phenoxy) is 1. The number of aryl methyl sites for hydroxylation is 1. The van der Waals surface area contributed by atoms with Crippen LogP contribution in [0.15, 0.2) is 36.7 Å². The van der Waals surface area contributed by atoms with Crippen LogP contribution in [0.4, 0.5) is 0 Å². The van der Waals surface area contributed by atoms with Crippen molar-refractivity contribution in [3.8, 4) is 5.75 Å². The first-order chi connectivity index (χ1) is 9.24. The molecule has 2 aromatic rings. The van der Waals surface area contributed by atoms with Crippen LogP contribution < -0.4 is 10.1 Å². The van der Waals surface area contributed by atoms with Gasteiger partial charge in [-0.1, -0.05) is 25.1 Å². The van der Waals surface area contributed by atoms with E-state index in [1.54, 1.807) is 4.68 Å². The summed E-state index contributed by atoms with van der Waals surface area (Å²) in [7, 11) is 3.89. The normalized spacial score (nSPS) is 12.4. The molecule has 2 rings (SSSR count). The summed E-state index contributed by atoms with van der Waals surface area (Å²) in [6.07, 6.45) is 4.83. The predicted octanol–water partition coefficient (Wildman–Crippen LogP) is 2.67. The Kier molecular flexibility index (Phi) is 4.58. The average Bonchev–Trinajstić information content (AvgIpc) is 2.85. The lowest BCUT2D eigenvalue weighted by atomic mass is 10.0. The SMILES string of the molecule is CCC(NC)c1ccccc1OCc1cnn(C)c1. The Morgan fingerprint density at radius 3 is 2.79 bits per heavy atom. The third-order valence-electron chi connectivity index (χ3n) is 3.20. The molecule has 0 aliphatic rings. The largest absolute Gasteiger partial charge is 0.488 e. The van der Waals surface area contributed by atoms with Gasteiger partial charge in [0, 0.05) is 30.4 Å². The average molecular weight is 259 g/mol. The molecule has 1 heterocycles. The van der Waals surface area contributed by atoms with E-state index in [2.05, 4.69) is 23.4 Å². The molecule has 0 spiro atoms. The topological polar surface area (TPSA) is 39.1 Å². The first-order valence-electron chi connectivity index (χ1n) is 6.61. The molecule has 19 heavy (non-hydrogen) atoms. The fraction of sp³-hybridized carbons (Fsp3) is 0.400. The molecule has 1 N–H and O–H groups in total. The molecule has 1 unspecified atom stereocenters. The van der Waals surface area contributed by atoms with E-state index < -0.39 is 0 Å². The second-order valence-electron chi connectivity index (χ2n) is 4.60. The zero-order chi connectivity index (χ0) is 13.7. The van der Waals surface area contributed by atoms with E-state index in [9.17, 15) is 0 Å². The summed E-state index contributed by atoms with van der Waals surface area (Å²) in [5.74, 6) is 0.938. The summed E-state index contributed by atoms with van der Waals surface area (Å²) in [4.78, 5) is 0. The monoisotopic (exact) mass is 259 g/mol. The van der Waals surface area contributed by atoms with Gasteiger partial charge in [0.1, 0.15) is 12.4 Å². The predicted molar refractivity (Wildman–Crippen MR) is 76.1 cm³/mol. The lowest BCUT2D eigenvalue weighted by Crippen LogP contribution is -2.16. The molecule has 0 saturated carbocycles. The van der Waals surface area contributed by atoms with Gasteiger partial charge in [0.25, 0.3) is 0 Å². The van der Waals surface area contributed by atoms with Gasteiger partial charge in [0.05, 0.1) is 6.20 Å². The van der Waals surface area contributed by atoms with Crippen molar-refractivity contribution in [2.45, 2.75) is 26.0 Å². The van der Waals surface area contributed by atoms with E-state index in [1.165, 1.54) is 5.56 Å². The van der Waals surface area contributed by atoms with Gasteiger partial charge in [-0.25, -0.2) is 0 Å². The summed E-state index contributed by atoms with van der Waals surface area (Å²) in [5.41, 5.74) is 2.28. The van der Waals surface area contributed by atoms with Crippen molar-refractivity contribution in [2.24, 2.45) is 7.05 Å². The minimum absolute atomic E-state index is 0.324. The van der Waals surface area contributed by atoms with E-state index >= 15 is 0 Å². The van der Waals surface area contributed by atoms with Crippen LogP contribution in [0.5, 0.6) is 5.75 Å². The molecule has 0 fully saturated rings. The number of aromatic nitrogens is 2. The second-order valence-corrected chi connectivity index (χ2v) is 4.60. The number of rotatable bonds is 6. The number of hydrogen-bond donors (Lipinski definition) is 1. The molecular weight excluding hydrogens is 238 g/mol. The highest BCUT2D eigenvalue weighted by Crippen LogP contribution is 2.27.